The van der Waals surface area contributed by atoms with Crippen molar-refractivity contribution in [1.82, 2.24) is 14.5 Å². The Balaban J connectivity index is 1.24. The summed E-state index contributed by atoms with van der Waals surface area (Å²) < 4.78 is 14.0. The van der Waals surface area contributed by atoms with E-state index < -0.39 is 11.5 Å². The van der Waals surface area contributed by atoms with Crippen molar-refractivity contribution in [3.05, 3.63) is 71.9 Å². The quantitative estimate of drug-likeness (QED) is 0.272. The van der Waals surface area contributed by atoms with Gasteiger partial charge < -0.3 is 29.6 Å². The predicted molar refractivity (Wildman–Crippen MR) is 163 cm³/mol. The van der Waals surface area contributed by atoms with Crippen LogP contribution in [0.5, 0.6) is 0 Å². The number of imidazole rings is 1. The molecule has 2 aliphatic heterocycles. The van der Waals surface area contributed by atoms with Gasteiger partial charge in [0.1, 0.15) is 11.6 Å². The molecule has 4 aliphatic rings. The van der Waals surface area contributed by atoms with Gasteiger partial charge in [0.05, 0.1) is 53.9 Å². The number of aromatic nitrogens is 3. The van der Waals surface area contributed by atoms with Crippen molar-refractivity contribution in [3.63, 3.8) is 0 Å². The minimum atomic E-state index is -0.582. The minimum absolute atomic E-state index is 0.0550. The van der Waals surface area contributed by atoms with Crippen LogP contribution in [0, 0.1) is 22.7 Å². The van der Waals surface area contributed by atoms with E-state index in [2.05, 4.69) is 22.2 Å². The Morgan fingerprint density at radius 1 is 1.19 bits per heavy atom. The molecule has 0 bridgehead atoms. The molecule has 226 valence electrons. The van der Waals surface area contributed by atoms with Gasteiger partial charge in [-0.15, -0.1) is 0 Å². The van der Waals surface area contributed by atoms with Crippen LogP contribution >= 0.6 is 0 Å². The highest BCUT2D eigenvalue weighted by Crippen LogP contribution is 2.66. The smallest absolute Gasteiger partial charge is 0.341 e. The summed E-state index contributed by atoms with van der Waals surface area (Å²) in [7, 11) is 1.96. The molecule has 3 fully saturated rings. The molecular formula is C34H40N4O5. The van der Waals surface area contributed by atoms with Gasteiger partial charge in [-0.1, -0.05) is 26.0 Å². The van der Waals surface area contributed by atoms with E-state index in [9.17, 15) is 15.0 Å². The second-order valence-corrected chi connectivity index (χ2v) is 13.5. The number of ether oxygens (including phenoxy) is 2. The van der Waals surface area contributed by atoms with Gasteiger partial charge in [0.2, 0.25) is 0 Å². The van der Waals surface area contributed by atoms with Crippen LogP contribution in [0.15, 0.2) is 66.3 Å². The highest BCUT2D eigenvalue weighted by Gasteiger charge is 2.67. The normalized spacial score (nSPS) is 35.1. The largest absolute Gasteiger partial charge is 0.423 e. The van der Waals surface area contributed by atoms with Crippen LogP contribution in [-0.2, 0) is 21.3 Å². The molecule has 0 radical (unpaired) electrons. The Morgan fingerprint density at radius 2 is 2.02 bits per heavy atom. The zero-order valence-electron chi connectivity index (χ0n) is 25.0. The summed E-state index contributed by atoms with van der Waals surface area (Å²) in [6.07, 6.45) is 10.6. The van der Waals surface area contributed by atoms with Crippen molar-refractivity contribution in [3.8, 4) is 0 Å². The van der Waals surface area contributed by atoms with Gasteiger partial charge in [-0.3, -0.25) is 0 Å². The first-order valence-electron chi connectivity index (χ1n) is 15.3. The number of cyclic esters (lactones) is 1. The van der Waals surface area contributed by atoms with E-state index in [1.807, 2.05) is 67.1 Å². The number of carbonyl (C=O) groups excluding carboxylic acids is 1. The number of benzene rings is 1. The number of aliphatic hydroxyl groups is 2. The van der Waals surface area contributed by atoms with Crippen LogP contribution in [0.2, 0.25) is 0 Å². The van der Waals surface area contributed by atoms with E-state index in [4.69, 9.17) is 9.47 Å². The number of carbonyl (C=O) groups is 1. The number of epoxide rings is 1. The van der Waals surface area contributed by atoms with E-state index >= 15 is 0 Å². The van der Waals surface area contributed by atoms with Crippen LogP contribution in [0.25, 0.3) is 17.1 Å². The lowest BCUT2D eigenvalue weighted by Crippen LogP contribution is -2.61. The molecule has 9 nitrogen and oxygen atoms in total. The van der Waals surface area contributed by atoms with E-state index in [0.717, 1.165) is 35.9 Å². The summed E-state index contributed by atoms with van der Waals surface area (Å²) in [4.78, 5) is 22.5. The van der Waals surface area contributed by atoms with Gasteiger partial charge in [-0.25, -0.2) is 14.8 Å². The number of anilines is 1. The summed E-state index contributed by atoms with van der Waals surface area (Å²) in [6, 6.07) is 11.3. The molecule has 1 aromatic carbocycles. The number of nitrogens with zero attached hydrogens (tertiary/aromatic N) is 3. The Kier molecular flexibility index (Phi) is 6.76. The molecule has 2 aromatic heterocycles. The Hall–Kier alpha value is -3.53. The topological polar surface area (TPSA) is 122 Å². The minimum Gasteiger partial charge on any atom is -0.423 e. The zero-order chi connectivity index (χ0) is 30.0. The van der Waals surface area contributed by atoms with Gasteiger partial charge in [0, 0.05) is 18.7 Å². The second kappa shape index (κ2) is 10.3. The molecule has 3 aromatic rings. The molecule has 0 amide bonds. The van der Waals surface area contributed by atoms with Crippen LogP contribution in [0.3, 0.4) is 0 Å². The number of esters is 1. The van der Waals surface area contributed by atoms with Crippen molar-refractivity contribution in [2.24, 2.45) is 29.7 Å². The van der Waals surface area contributed by atoms with Gasteiger partial charge >= 0.3 is 5.97 Å². The first-order chi connectivity index (χ1) is 20.6. The third-order valence-corrected chi connectivity index (χ3v) is 11.1. The molecule has 9 heteroatoms. The number of fused-ring (bicyclic) bond motifs is 2. The number of aryl methyl sites for hydroxylation is 1. The van der Waals surface area contributed by atoms with Crippen molar-refractivity contribution < 1.29 is 24.5 Å². The predicted octanol–water partition coefficient (Wildman–Crippen LogP) is 4.62. The van der Waals surface area contributed by atoms with Crippen molar-refractivity contribution in [2.75, 3.05) is 18.5 Å². The Labute approximate surface area is 251 Å². The molecular weight excluding hydrogens is 544 g/mol. The molecule has 1 spiro atoms. The third kappa shape index (κ3) is 4.69. The third-order valence-electron chi connectivity index (χ3n) is 11.1. The van der Waals surface area contributed by atoms with Crippen LogP contribution in [0.4, 0.5) is 5.82 Å². The Morgan fingerprint density at radius 3 is 2.77 bits per heavy atom. The maximum atomic E-state index is 13.5. The molecule has 1 saturated heterocycles. The standard InChI is InChI=1S/C34H40N4O5/c1-32-11-10-29(40)33(2,18-39)27(32)9-12-34(19-42-34)28(32)17-24(37-30-6-4-5-13-35-30)23-16-22(43-31(23)41)14-21-7-8-26-25(15-21)36-20-38(26)3/h4-8,13-16,20,24,27-29,39-40H,9-12,17-19H2,1-3H3,(H,35,37)/b22-14+/t24?,27?,28?,29-,32+,33+,34?/m1/s1. The highest BCUT2D eigenvalue weighted by molar-refractivity contribution is 5.95. The average molecular weight is 585 g/mol. The fourth-order valence-electron chi connectivity index (χ4n) is 8.57. The number of hydrogen-bond acceptors (Lipinski definition) is 8. The van der Waals surface area contributed by atoms with Crippen LogP contribution < -0.4 is 5.32 Å². The number of rotatable bonds is 7. The lowest BCUT2D eigenvalue weighted by Gasteiger charge is -2.61. The molecule has 7 rings (SSSR count). The maximum absolute atomic E-state index is 13.5. The average Bonchev–Trinajstić information content (AvgIpc) is 3.54. The zero-order valence-corrected chi connectivity index (χ0v) is 25.0. The number of allylic oxidation sites excluding steroid dienone is 1. The summed E-state index contributed by atoms with van der Waals surface area (Å²) in [5.41, 5.74) is 2.34. The monoisotopic (exact) mass is 584 g/mol. The molecule has 43 heavy (non-hydrogen) atoms. The summed E-state index contributed by atoms with van der Waals surface area (Å²) >= 11 is 0. The molecule has 4 heterocycles. The van der Waals surface area contributed by atoms with Crippen molar-refractivity contribution in [1.29, 1.82) is 0 Å². The summed E-state index contributed by atoms with van der Waals surface area (Å²) in [5.74, 6) is 1.03. The van der Waals surface area contributed by atoms with E-state index in [1.54, 1.807) is 12.5 Å². The first-order valence-corrected chi connectivity index (χ1v) is 15.3. The lowest BCUT2D eigenvalue weighted by molar-refractivity contribution is -0.177. The molecule has 7 atom stereocenters. The number of pyridine rings is 1. The van der Waals surface area contributed by atoms with Crippen molar-refractivity contribution >= 4 is 28.9 Å². The van der Waals surface area contributed by atoms with E-state index in [0.29, 0.717) is 36.6 Å². The number of aliphatic hydroxyl groups excluding tert-OH is 2. The lowest BCUT2D eigenvalue weighted by atomic mass is 9.44. The molecule has 2 saturated carbocycles. The van der Waals surface area contributed by atoms with Crippen molar-refractivity contribution in [2.45, 2.75) is 63.7 Å². The van der Waals surface area contributed by atoms with Gasteiger partial charge in [0.25, 0.3) is 0 Å². The van der Waals surface area contributed by atoms with Gasteiger partial charge in [0.15, 0.2) is 0 Å². The fourth-order valence-corrected chi connectivity index (χ4v) is 8.57. The van der Waals surface area contributed by atoms with E-state index in [-0.39, 0.29) is 41.5 Å². The number of hydrogen-bond donors (Lipinski definition) is 3. The SMILES string of the molecule is Cn1cnc2cc(/C=C3\C=C(C(CC4C5(CCC6[C@]4(C)CC[C@@H](O)[C@@]6(C)CO)CO5)Nc4ccccn4)C(=O)O3)ccc21. The first kappa shape index (κ1) is 28.3. The van der Waals surface area contributed by atoms with Gasteiger partial charge in [-0.2, -0.15) is 0 Å². The molecule has 2 aliphatic carbocycles. The summed E-state index contributed by atoms with van der Waals surface area (Å²) in [5, 5.41) is 25.1. The maximum Gasteiger partial charge on any atom is 0.341 e. The number of nitrogens with one attached hydrogen (secondary N) is 1. The van der Waals surface area contributed by atoms with E-state index in [1.165, 1.54) is 0 Å². The van der Waals surface area contributed by atoms with Crippen LogP contribution in [0.1, 0.15) is 51.5 Å². The Bertz CT molecular complexity index is 1610. The highest BCUT2D eigenvalue weighted by atomic mass is 16.6. The molecule has 3 N–H and O–H groups in total. The second-order valence-electron chi connectivity index (χ2n) is 13.5. The van der Waals surface area contributed by atoms with Crippen LogP contribution in [-0.4, -0.2) is 61.7 Å². The molecule has 4 unspecified atom stereocenters. The fraction of sp³-hybridized carbons (Fsp3) is 0.500. The van der Waals surface area contributed by atoms with Gasteiger partial charge in [-0.05, 0) is 91.3 Å². The summed E-state index contributed by atoms with van der Waals surface area (Å²) in [6.45, 7) is 4.98.